The fourth-order valence-electron chi connectivity index (χ4n) is 2.47. The number of methoxy groups -OCH3 is 1. The van der Waals surface area contributed by atoms with Crippen LogP contribution < -0.4 is 9.64 Å². The minimum Gasteiger partial charge on any atom is -0.497 e. The highest BCUT2D eigenvalue weighted by molar-refractivity contribution is 7.22. The smallest absolute Gasteiger partial charge is 0.225 e. The van der Waals surface area contributed by atoms with E-state index in [-0.39, 0.29) is 12.0 Å². The largest absolute Gasteiger partial charge is 0.497 e. The van der Waals surface area contributed by atoms with Gasteiger partial charge in [-0.15, -0.1) is 0 Å². The quantitative estimate of drug-likeness (QED) is 0.871. The molecule has 21 heavy (non-hydrogen) atoms. The lowest BCUT2D eigenvalue weighted by Gasteiger charge is -2.21. The average Bonchev–Trinajstić information content (AvgIpc) is 3.12. The van der Waals surface area contributed by atoms with Crippen LogP contribution in [0.25, 0.3) is 10.2 Å². The summed E-state index contributed by atoms with van der Waals surface area (Å²) in [6, 6.07) is 5.74. The minimum absolute atomic E-state index is 0.00322. The number of hydrogen-bond donors (Lipinski definition) is 0. The highest BCUT2D eigenvalue weighted by atomic mass is 32.1. The maximum absolute atomic E-state index is 11.9. The van der Waals surface area contributed by atoms with Crippen LogP contribution in [0.15, 0.2) is 18.2 Å². The molecule has 2 heterocycles. The zero-order chi connectivity index (χ0) is 14.8. The lowest BCUT2D eigenvalue weighted by atomic mass is 10.2. The Hall–Kier alpha value is -1.66. The molecule has 0 aliphatic carbocycles. The van der Waals surface area contributed by atoms with Gasteiger partial charge in [-0.25, -0.2) is 4.98 Å². The van der Waals surface area contributed by atoms with E-state index in [0.29, 0.717) is 6.54 Å². The van der Waals surface area contributed by atoms with Gasteiger partial charge in [0.2, 0.25) is 5.91 Å². The number of hydrogen-bond acceptors (Lipinski definition) is 5. The fourth-order valence-corrected chi connectivity index (χ4v) is 3.52. The Kier molecular flexibility index (Phi) is 4.07. The average molecular weight is 306 g/mol. The minimum atomic E-state index is -0.00322. The molecule has 1 aliphatic heterocycles. The first-order chi connectivity index (χ1) is 10.2. The molecule has 1 aliphatic rings. The molecule has 1 atom stereocenters. The number of thiazole rings is 1. The second kappa shape index (κ2) is 5.99. The van der Waals surface area contributed by atoms with Crippen LogP contribution in [-0.4, -0.2) is 37.3 Å². The van der Waals surface area contributed by atoms with Gasteiger partial charge in [0.25, 0.3) is 0 Å². The molecule has 1 unspecified atom stereocenters. The molecule has 0 spiro atoms. The number of anilines is 1. The van der Waals surface area contributed by atoms with E-state index in [0.717, 1.165) is 40.5 Å². The van der Waals surface area contributed by atoms with E-state index in [2.05, 4.69) is 4.98 Å². The summed E-state index contributed by atoms with van der Waals surface area (Å²) in [5.41, 5.74) is 0.884. The SMILES string of the molecule is COc1ccc2nc(N(CC3CCCO3)C(C)=O)sc2c1. The third-order valence-corrected chi connectivity index (χ3v) is 4.65. The summed E-state index contributed by atoms with van der Waals surface area (Å²) in [4.78, 5) is 18.2. The number of aromatic nitrogens is 1. The summed E-state index contributed by atoms with van der Waals surface area (Å²) in [5, 5.41) is 0.723. The number of amides is 1. The summed E-state index contributed by atoms with van der Waals surface area (Å²) < 4.78 is 11.9. The van der Waals surface area contributed by atoms with Crippen LogP contribution in [0, 0.1) is 0 Å². The lowest BCUT2D eigenvalue weighted by Crippen LogP contribution is -2.35. The van der Waals surface area contributed by atoms with Crippen molar-refractivity contribution in [1.29, 1.82) is 0 Å². The van der Waals surface area contributed by atoms with Crippen molar-refractivity contribution in [3.05, 3.63) is 18.2 Å². The third-order valence-electron chi connectivity index (χ3n) is 3.61. The van der Waals surface area contributed by atoms with Gasteiger partial charge in [0.05, 0.1) is 30.0 Å². The van der Waals surface area contributed by atoms with E-state index in [1.54, 1.807) is 18.9 Å². The van der Waals surface area contributed by atoms with Crippen molar-refractivity contribution in [3.63, 3.8) is 0 Å². The standard InChI is InChI=1S/C15H18N2O3S/c1-10(18)17(9-12-4-3-7-20-12)15-16-13-6-5-11(19-2)8-14(13)21-15/h5-6,8,12H,3-4,7,9H2,1-2H3. The van der Waals surface area contributed by atoms with Gasteiger partial charge in [-0.3, -0.25) is 9.69 Å². The molecule has 1 aromatic carbocycles. The molecule has 6 heteroatoms. The van der Waals surface area contributed by atoms with Gasteiger partial charge in [0, 0.05) is 13.5 Å². The molecule has 112 valence electrons. The second-order valence-electron chi connectivity index (χ2n) is 5.09. The van der Waals surface area contributed by atoms with Crippen LogP contribution in [0.1, 0.15) is 19.8 Å². The van der Waals surface area contributed by atoms with Gasteiger partial charge in [-0.2, -0.15) is 0 Å². The van der Waals surface area contributed by atoms with Crippen LogP contribution >= 0.6 is 11.3 Å². The molecule has 0 N–H and O–H groups in total. The number of fused-ring (bicyclic) bond motifs is 1. The number of carbonyl (C=O) groups is 1. The summed E-state index contributed by atoms with van der Waals surface area (Å²) >= 11 is 1.51. The molecular weight excluding hydrogens is 288 g/mol. The highest BCUT2D eigenvalue weighted by Crippen LogP contribution is 2.32. The monoisotopic (exact) mass is 306 g/mol. The predicted molar refractivity (Wildman–Crippen MR) is 83.2 cm³/mol. The van der Waals surface area contributed by atoms with Crippen molar-refractivity contribution < 1.29 is 14.3 Å². The first kappa shape index (κ1) is 14.3. The summed E-state index contributed by atoms with van der Waals surface area (Å²) in [6.45, 7) is 2.93. The lowest BCUT2D eigenvalue weighted by molar-refractivity contribution is -0.116. The van der Waals surface area contributed by atoms with Crippen molar-refractivity contribution in [1.82, 2.24) is 4.98 Å². The van der Waals surface area contributed by atoms with Crippen molar-refractivity contribution in [2.45, 2.75) is 25.9 Å². The van der Waals surface area contributed by atoms with Gasteiger partial charge >= 0.3 is 0 Å². The van der Waals surface area contributed by atoms with E-state index >= 15 is 0 Å². The van der Waals surface area contributed by atoms with Gasteiger partial charge < -0.3 is 9.47 Å². The number of ether oxygens (including phenoxy) is 2. The van der Waals surface area contributed by atoms with Gasteiger partial charge in [-0.1, -0.05) is 11.3 Å². The maximum Gasteiger partial charge on any atom is 0.225 e. The second-order valence-corrected chi connectivity index (χ2v) is 6.10. The Morgan fingerprint density at radius 2 is 2.43 bits per heavy atom. The Labute approximate surface area is 127 Å². The maximum atomic E-state index is 11.9. The summed E-state index contributed by atoms with van der Waals surface area (Å²) in [6.07, 6.45) is 2.19. The molecule has 5 nitrogen and oxygen atoms in total. The van der Waals surface area contributed by atoms with E-state index in [1.165, 1.54) is 11.3 Å². The number of nitrogens with zero attached hydrogens (tertiary/aromatic N) is 2. The van der Waals surface area contributed by atoms with Crippen LogP contribution in [0.2, 0.25) is 0 Å². The Bertz CT molecular complexity index is 649. The molecule has 0 radical (unpaired) electrons. The van der Waals surface area contributed by atoms with Crippen LogP contribution in [0.5, 0.6) is 5.75 Å². The van der Waals surface area contributed by atoms with Crippen molar-refractivity contribution in [3.8, 4) is 5.75 Å². The predicted octanol–water partition coefficient (Wildman–Crippen LogP) is 2.84. The van der Waals surface area contributed by atoms with E-state index in [4.69, 9.17) is 9.47 Å². The third kappa shape index (κ3) is 3.01. The number of rotatable bonds is 4. The van der Waals surface area contributed by atoms with Crippen LogP contribution in [0.3, 0.4) is 0 Å². The van der Waals surface area contributed by atoms with Crippen molar-refractivity contribution in [2.75, 3.05) is 25.2 Å². The molecule has 1 aromatic heterocycles. The zero-order valence-corrected chi connectivity index (χ0v) is 13.0. The van der Waals surface area contributed by atoms with E-state index < -0.39 is 0 Å². The van der Waals surface area contributed by atoms with Gasteiger partial charge in [0.1, 0.15) is 5.75 Å². The highest BCUT2D eigenvalue weighted by Gasteiger charge is 2.24. The Morgan fingerprint density at radius 3 is 3.10 bits per heavy atom. The first-order valence-corrected chi connectivity index (χ1v) is 7.83. The summed E-state index contributed by atoms with van der Waals surface area (Å²) in [7, 11) is 1.64. The van der Waals surface area contributed by atoms with Gasteiger partial charge in [-0.05, 0) is 31.0 Å². The Morgan fingerprint density at radius 1 is 1.57 bits per heavy atom. The van der Waals surface area contributed by atoms with Crippen molar-refractivity contribution in [2.24, 2.45) is 0 Å². The number of carbonyl (C=O) groups excluding carboxylic acids is 1. The molecule has 0 saturated carbocycles. The molecule has 1 saturated heterocycles. The topological polar surface area (TPSA) is 51.7 Å². The van der Waals surface area contributed by atoms with E-state index in [9.17, 15) is 4.79 Å². The van der Waals surface area contributed by atoms with Crippen molar-refractivity contribution >= 4 is 32.6 Å². The van der Waals surface area contributed by atoms with Crippen LogP contribution in [-0.2, 0) is 9.53 Å². The van der Waals surface area contributed by atoms with E-state index in [1.807, 2.05) is 18.2 Å². The molecule has 1 fully saturated rings. The first-order valence-electron chi connectivity index (χ1n) is 7.01. The molecule has 0 bridgehead atoms. The normalized spacial score (nSPS) is 18.1. The molecular formula is C15H18N2O3S. The Balaban J connectivity index is 1.89. The summed E-state index contributed by atoms with van der Waals surface area (Å²) in [5.74, 6) is 0.794. The molecule has 2 aromatic rings. The van der Waals surface area contributed by atoms with Crippen LogP contribution in [0.4, 0.5) is 5.13 Å². The number of benzene rings is 1. The van der Waals surface area contributed by atoms with Gasteiger partial charge in [0.15, 0.2) is 5.13 Å². The zero-order valence-electron chi connectivity index (χ0n) is 12.2. The molecule has 3 rings (SSSR count). The molecule has 1 amide bonds. The fraction of sp³-hybridized carbons (Fsp3) is 0.467.